The van der Waals surface area contributed by atoms with Gasteiger partial charge in [0, 0.05) is 37.7 Å². The molecule has 0 bridgehead atoms. The third kappa shape index (κ3) is 8.93. The number of nitrogens with one attached hydrogen (secondary N) is 3. The lowest BCUT2D eigenvalue weighted by Crippen LogP contribution is -2.58. The van der Waals surface area contributed by atoms with Gasteiger partial charge in [0.25, 0.3) is 5.91 Å². The summed E-state index contributed by atoms with van der Waals surface area (Å²) in [6.45, 7) is 8.42. The fourth-order valence-corrected chi connectivity index (χ4v) is 9.51. The van der Waals surface area contributed by atoms with Crippen LogP contribution in [0.1, 0.15) is 89.7 Å². The number of carbonyl (C=O) groups excluding carboxylic acids is 5. The molecule has 6 aliphatic rings. The lowest BCUT2D eigenvalue weighted by Gasteiger charge is -2.30. The van der Waals surface area contributed by atoms with Gasteiger partial charge in [-0.3, -0.25) is 24.0 Å². The van der Waals surface area contributed by atoms with Crippen LogP contribution in [0.15, 0.2) is 30.4 Å². The van der Waals surface area contributed by atoms with Gasteiger partial charge in [-0.1, -0.05) is 37.1 Å². The predicted octanol–water partition coefficient (Wildman–Crippen LogP) is 2.84. The molecule has 306 valence electrons. The minimum atomic E-state index is -3.91. The van der Waals surface area contributed by atoms with Gasteiger partial charge in [0.2, 0.25) is 21.8 Å². The van der Waals surface area contributed by atoms with Crippen LogP contribution in [0.25, 0.3) is 0 Å². The standard InChI is InChI=1S/C39H54N6O10S/c1-38(2,3)55-36(49)40-30-12-8-6-4-5-7-11-26-21-39(26,35(48)42-56(51,52)28-14-15-28)41-33(46)32-20-27(23-45(32)34(30)47)54-37(50)44-22-25-10-9-13-31(29(25)24-44)43-16-18-53-19-17-43/h7,9-11,13,26-28,30,32H,4-6,8,12,14-24H2,1-3H3,(H,40,49)(H,41,46)(H,42,48)/t26-,27-,30+,32+,39-/m1/s1. The number of amides is 5. The van der Waals surface area contributed by atoms with E-state index < -0.39 is 80.4 Å². The van der Waals surface area contributed by atoms with Crippen molar-refractivity contribution < 1.29 is 46.6 Å². The Hall–Kier alpha value is -4.38. The zero-order chi connectivity index (χ0) is 39.8. The van der Waals surface area contributed by atoms with Crippen LogP contribution in [0.3, 0.4) is 0 Å². The van der Waals surface area contributed by atoms with Gasteiger partial charge in [-0.25, -0.2) is 18.0 Å². The summed E-state index contributed by atoms with van der Waals surface area (Å²) in [5, 5.41) is 4.91. The number of hydrogen-bond donors (Lipinski definition) is 3. The first-order chi connectivity index (χ1) is 26.6. The molecule has 4 heterocycles. The quantitative estimate of drug-likeness (QED) is 0.359. The molecule has 2 saturated carbocycles. The maximum atomic E-state index is 14.5. The fourth-order valence-electron chi connectivity index (χ4n) is 8.15. The number of rotatable bonds is 6. The molecule has 16 nitrogen and oxygen atoms in total. The molecule has 0 spiro atoms. The molecule has 0 radical (unpaired) electrons. The number of hydrogen-bond acceptors (Lipinski definition) is 11. The van der Waals surface area contributed by atoms with Crippen LogP contribution in [0.2, 0.25) is 0 Å². The van der Waals surface area contributed by atoms with Crippen LogP contribution >= 0.6 is 0 Å². The number of nitrogens with zero attached hydrogens (tertiary/aromatic N) is 3. The van der Waals surface area contributed by atoms with E-state index in [0.717, 1.165) is 42.7 Å². The second kappa shape index (κ2) is 15.9. The lowest BCUT2D eigenvalue weighted by molar-refractivity contribution is -0.141. The van der Waals surface area contributed by atoms with Crippen molar-refractivity contribution >= 4 is 45.6 Å². The SMILES string of the molecule is CC(C)(C)OC(=O)N[C@H]1CCCCCC=C[C@@H]2C[C@@]2(C(=O)NS(=O)(=O)C2CC2)NC(=O)[C@@H]2C[C@@H](OC(=O)N3Cc4cccc(N5CCOCC5)c4C3)CN2C1=O. The molecule has 5 atom stereocenters. The van der Waals surface area contributed by atoms with Crippen molar-refractivity contribution in [2.75, 3.05) is 37.7 Å². The smallest absolute Gasteiger partial charge is 0.410 e. The zero-order valence-electron chi connectivity index (χ0n) is 32.4. The van der Waals surface area contributed by atoms with E-state index in [1.807, 2.05) is 30.4 Å². The van der Waals surface area contributed by atoms with E-state index in [-0.39, 0.29) is 25.8 Å². The molecular weight excluding hydrogens is 745 g/mol. The Kier molecular flexibility index (Phi) is 11.3. The predicted molar refractivity (Wildman–Crippen MR) is 204 cm³/mol. The van der Waals surface area contributed by atoms with E-state index in [1.165, 1.54) is 4.90 Å². The zero-order valence-corrected chi connectivity index (χ0v) is 33.2. The van der Waals surface area contributed by atoms with Crippen LogP contribution in [0, 0.1) is 5.92 Å². The van der Waals surface area contributed by atoms with Crippen LogP contribution < -0.4 is 20.3 Å². The maximum Gasteiger partial charge on any atom is 0.410 e. The highest BCUT2D eigenvalue weighted by molar-refractivity contribution is 7.91. The summed E-state index contributed by atoms with van der Waals surface area (Å²) in [6.07, 6.45) is 5.63. The second-order valence-corrected chi connectivity index (χ2v) is 18.8. The van der Waals surface area contributed by atoms with E-state index in [0.29, 0.717) is 52.0 Å². The molecule has 4 fully saturated rings. The van der Waals surface area contributed by atoms with Gasteiger partial charge >= 0.3 is 12.2 Å². The number of sulfonamides is 1. The molecule has 4 aliphatic heterocycles. The van der Waals surface area contributed by atoms with Crippen molar-refractivity contribution in [3.8, 4) is 0 Å². The molecule has 17 heteroatoms. The van der Waals surface area contributed by atoms with Crippen LogP contribution in [-0.4, -0.2) is 116 Å². The number of ether oxygens (including phenoxy) is 3. The molecule has 3 N–H and O–H groups in total. The number of morpholine rings is 1. The summed E-state index contributed by atoms with van der Waals surface area (Å²) in [5.41, 5.74) is 0.740. The van der Waals surface area contributed by atoms with Crippen molar-refractivity contribution in [1.29, 1.82) is 0 Å². The van der Waals surface area contributed by atoms with Gasteiger partial charge in [0.05, 0.1) is 31.6 Å². The average Bonchev–Trinajstić information content (AvgIpc) is 4.03. The minimum Gasteiger partial charge on any atom is -0.444 e. The maximum absolute atomic E-state index is 14.5. The average molecular weight is 799 g/mol. The van der Waals surface area contributed by atoms with Gasteiger partial charge in [0.15, 0.2) is 0 Å². The molecule has 2 aliphatic carbocycles. The molecular formula is C39H54N6O10S. The highest BCUT2D eigenvalue weighted by atomic mass is 32.2. The topological polar surface area (TPSA) is 193 Å². The number of anilines is 1. The Balaban J connectivity index is 1.12. The molecule has 2 saturated heterocycles. The first kappa shape index (κ1) is 39.8. The summed E-state index contributed by atoms with van der Waals surface area (Å²) in [6, 6.07) is 3.77. The Morgan fingerprint density at radius 2 is 1.79 bits per heavy atom. The van der Waals surface area contributed by atoms with Crippen molar-refractivity contribution in [2.45, 2.75) is 126 Å². The third-order valence-electron chi connectivity index (χ3n) is 11.4. The van der Waals surface area contributed by atoms with Crippen molar-refractivity contribution in [2.24, 2.45) is 5.92 Å². The molecule has 56 heavy (non-hydrogen) atoms. The highest BCUT2D eigenvalue weighted by Crippen LogP contribution is 2.46. The van der Waals surface area contributed by atoms with Gasteiger partial charge in [-0.05, 0) is 76.5 Å². The monoisotopic (exact) mass is 798 g/mol. The van der Waals surface area contributed by atoms with E-state index in [1.54, 1.807) is 25.7 Å². The van der Waals surface area contributed by atoms with Crippen molar-refractivity contribution in [3.63, 3.8) is 0 Å². The molecule has 5 amide bonds. The van der Waals surface area contributed by atoms with Gasteiger partial charge < -0.3 is 34.6 Å². The van der Waals surface area contributed by atoms with Gasteiger partial charge in [-0.2, -0.15) is 0 Å². The molecule has 0 aromatic heterocycles. The molecule has 0 unspecified atom stereocenters. The lowest BCUT2D eigenvalue weighted by atomic mass is 10.0. The van der Waals surface area contributed by atoms with Crippen LogP contribution in [0.5, 0.6) is 0 Å². The Labute approximate surface area is 328 Å². The first-order valence-corrected chi connectivity index (χ1v) is 21.4. The van der Waals surface area contributed by atoms with Crippen molar-refractivity contribution in [1.82, 2.24) is 25.2 Å². The second-order valence-electron chi connectivity index (χ2n) is 16.8. The highest BCUT2D eigenvalue weighted by Gasteiger charge is 2.62. The minimum absolute atomic E-state index is 0.0686. The number of carbonyl (C=O) groups is 5. The Bertz CT molecular complexity index is 1860. The number of fused-ring (bicyclic) bond motifs is 3. The number of allylic oxidation sites excluding steroid dienone is 1. The summed E-state index contributed by atoms with van der Waals surface area (Å²) in [4.78, 5) is 74.4. The number of alkyl carbamates (subject to hydrolysis) is 1. The molecule has 1 aromatic rings. The summed E-state index contributed by atoms with van der Waals surface area (Å²) in [7, 11) is -3.91. The number of benzene rings is 1. The van der Waals surface area contributed by atoms with E-state index in [2.05, 4.69) is 20.3 Å². The summed E-state index contributed by atoms with van der Waals surface area (Å²) in [5.74, 6) is -2.49. The third-order valence-corrected chi connectivity index (χ3v) is 13.2. The van der Waals surface area contributed by atoms with E-state index >= 15 is 0 Å². The van der Waals surface area contributed by atoms with Crippen LogP contribution in [-0.2, 0) is 51.7 Å². The first-order valence-electron chi connectivity index (χ1n) is 19.9. The van der Waals surface area contributed by atoms with Gasteiger partial charge in [-0.15, -0.1) is 0 Å². The normalized spacial score (nSPS) is 28.5. The van der Waals surface area contributed by atoms with Crippen molar-refractivity contribution in [3.05, 3.63) is 41.5 Å². The summed E-state index contributed by atoms with van der Waals surface area (Å²) < 4.78 is 44.9. The molecule has 7 rings (SSSR count). The Morgan fingerprint density at radius 1 is 1.02 bits per heavy atom. The van der Waals surface area contributed by atoms with Crippen LogP contribution in [0.4, 0.5) is 15.3 Å². The fraction of sp³-hybridized carbons (Fsp3) is 0.667. The molecule has 1 aromatic carbocycles. The van der Waals surface area contributed by atoms with E-state index in [9.17, 15) is 32.4 Å². The van der Waals surface area contributed by atoms with Gasteiger partial charge in [0.1, 0.15) is 29.3 Å². The van der Waals surface area contributed by atoms with E-state index in [4.69, 9.17) is 14.2 Å². The largest absolute Gasteiger partial charge is 0.444 e. The summed E-state index contributed by atoms with van der Waals surface area (Å²) >= 11 is 0. The Morgan fingerprint density at radius 3 is 2.52 bits per heavy atom.